The molecule has 0 aromatic heterocycles. The summed E-state index contributed by atoms with van der Waals surface area (Å²) in [6.07, 6.45) is 2.11. The molecular weight excluding hydrogens is 296 g/mol. The zero-order valence-corrected chi connectivity index (χ0v) is 11.9. The molecular formula is C14H17BrO3. The summed E-state index contributed by atoms with van der Waals surface area (Å²) in [6, 6.07) is 5.81. The molecule has 1 fully saturated rings. The van der Waals surface area contributed by atoms with Gasteiger partial charge in [-0.25, -0.2) is 0 Å². The first-order chi connectivity index (χ1) is 8.58. The van der Waals surface area contributed by atoms with Gasteiger partial charge in [0.15, 0.2) is 0 Å². The summed E-state index contributed by atoms with van der Waals surface area (Å²) in [6.45, 7) is 2.77. The van der Waals surface area contributed by atoms with E-state index in [1.54, 1.807) is 0 Å². The van der Waals surface area contributed by atoms with Gasteiger partial charge >= 0.3 is 0 Å². The lowest BCUT2D eigenvalue weighted by molar-refractivity contribution is -0.111. The van der Waals surface area contributed by atoms with Crippen molar-refractivity contribution in [2.75, 3.05) is 6.61 Å². The van der Waals surface area contributed by atoms with Gasteiger partial charge in [-0.2, -0.15) is 0 Å². The van der Waals surface area contributed by atoms with Gasteiger partial charge in [0, 0.05) is 29.3 Å². The van der Waals surface area contributed by atoms with E-state index in [9.17, 15) is 5.11 Å². The minimum absolute atomic E-state index is 0.194. The van der Waals surface area contributed by atoms with E-state index in [1.165, 1.54) is 0 Å². The van der Waals surface area contributed by atoms with Crippen LogP contribution in [0.5, 0.6) is 5.75 Å². The number of aliphatic hydroxyl groups is 1. The molecule has 1 saturated heterocycles. The average molecular weight is 313 g/mol. The van der Waals surface area contributed by atoms with Crippen LogP contribution in [-0.4, -0.2) is 23.4 Å². The number of fused-ring (bicyclic) bond motifs is 1. The molecule has 2 heterocycles. The summed E-state index contributed by atoms with van der Waals surface area (Å²) in [5.41, 5.74) is 0.633. The quantitative estimate of drug-likeness (QED) is 0.799. The zero-order chi connectivity index (χ0) is 12.8. The van der Waals surface area contributed by atoms with Gasteiger partial charge in [-0.05, 0) is 19.1 Å². The van der Waals surface area contributed by atoms with Crippen LogP contribution in [0, 0.1) is 0 Å². The first kappa shape index (κ1) is 12.5. The Hall–Kier alpha value is -0.580. The summed E-state index contributed by atoms with van der Waals surface area (Å²) in [7, 11) is 0. The van der Waals surface area contributed by atoms with Crippen molar-refractivity contribution in [1.29, 1.82) is 0 Å². The molecule has 18 heavy (non-hydrogen) atoms. The molecule has 4 heteroatoms. The summed E-state index contributed by atoms with van der Waals surface area (Å²) >= 11 is 3.45. The molecule has 3 nitrogen and oxygen atoms in total. The van der Waals surface area contributed by atoms with Crippen LogP contribution >= 0.6 is 15.9 Å². The van der Waals surface area contributed by atoms with Crippen LogP contribution in [0.2, 0.25) is 0 Å². The molecule has 1 aromatic rings. The van der Waals surface area contributed by atoms with Crippen molar-refractivity contribution in [3.63, 3.8) is 0 Å². The molecule has 0 bridgehead atoms. The Morgan fingerprint density at radius 2 is 2.22 bits per heavy atom. The fourth-order valence-corrected chi connectivity index (χ4v) is 3.36. The second kappa shape index (κ2) is 4.51. The van der Waals surface area contributed by atoms with Gasteiger partial charge in [-0.15, -0.1) is 0 Å². The van der Waals surface area contributed by atoms with E-state index in [4.69, 9.17) is 9.47 Å². The Morgan fingerprint density at radius 3 is 3.00 bits per heavy atom. The third-order valence-electron chi connectivity index (χ3n) is 3.85. The van der Waals surface area contributed by atoms with E-state index < -0.39 is 6.10 Å². The smallest absolute Gasteiger partial charge is 0.127 e. The second-order valence-electron chi connectivity index (χ2n) is 5.32. The first-order valence-corrected chi connectivity index (χ1v) is 7.15. The molecule has 1 aromatic carbocycles. The molecule has 3 atom stereocenters. The topological polar surface area (TPSA) is 38.7 Å². The highest BCUT2D eigenvalue weighted by Crippen LogP contribution is 2.45. The summed E-state index contributed by atoms with van der Waals surface area (Å²) in [5.74, 6) is 0.803. The maximum absolute atomic E-state index is 10.3. The minimum atomic E-state index is -0.438. The van der Waals surface area contributed by atoms with Crippen molar-refractivity contribution in [3.05, 3.63) is 28.2 Å². The Balaban J connectivity index is 1.94. The van der Waals surface area contributed by atoms with Crippen LogP contribution in [0.4, 0.5) is 0 Å². The van der Waals surface area contributed by atoms with E-state index in [1.807, 2.05) is 18.2 Å². The van der Waals surface area contributed by atoms with Crippen LogP contribution in [-0.2, 0) is 4.74 Å². The highest BCUT2D eigenvalue weighted by Gasteiger charge is 2.43. The van der Waals surface area contributed by atoms with Crippen LogP contribution < -0.4 is 4.74 Å². The third-order valence-corrected chi connectivity index (χ3v) is 4.34. The standard InChI is InChI=1S/C14H17BrO3/c1-9-7-14(4-5-17-9)8-12(16)11-3-2-10(15)6-13(11)18-14/h2-3,6,9,12,16H,4-5,7-8H2,1H3. The van der Waals surface area contributed by atoms with Gasteiger partial charge in [0.1, 0.15) is 11.4 Å². The third kappa shape index (κ3) is 2.17. The lowest BCUT2D eigenvalue weighted by atomic mass is 9.81. The fraction of sp³-hybridized carbons (Fsp3) is 0.571. The Bertz CT molecular complexity index is 462. The van der Waals surface area contributed by atoms with Crippen molar-refractivity contribution in [1.82, 2.24) is 0 Å². The largest absolute Gasteiger partial charge is 0.487 e. The van der Waals surface area contributed by atoms with Crippen molar-refractivity contribution >= 4 is 15.9 Å². The van der Waals surface area contributed by atoms with Crippen LogP contribution in [0.1, 0.15) is 37.9 Å². The zero-order valence-electron chi connectivity index (χ0n) is 10.4. The highest BCUT2D eigenvalue weighted by molar-refractivity contribution is 9.10. The first-order valence-electron chi connectivity index (χ1n) is 6.36. The number of rotatable bonds is 0. The maximum atomic E-state index is 10.3. The van der Waals surface area contributed by atoms with Crippen molar-refractivity contribution in [2.45, 2.75) is 44.0 Å². The lowest BCUT2D eigenvalue weighted by Crippen LogP contribution is -2.47. The molecule has 3 unspecified atom stereocenters. The second-order valence-corrected chi connectivity index (χ2v) is 6.24. The fourth-order valence-electron chi connectivity index (χ4n) is 3.02. The predicted molar refractivity (Wildman–Crippen MR) is 71.7 cm³/mol. The highest BCUT2D eigenvalue weighted by atomic mass is 79.9. The van der Waals surface area contributed by atoms with Gasteiger partial charge < -0.3 is 14.6 Å². The predicted octanol–water partition coefficient (Wildman–Crippen LogP) is 3.20. The summed E-state index contributed by atoms with van der Waals surface area (Å²) in [4.78, 5) is 0. The number of hydrogen-bond acceptors (Lipinski definition) is 3. The van der Waals surface area contributed by atoms with Crippen LogP contribution in [0.25, 0.3) is 0 Å². The number of halogens is 1. The molecule has 98 valence electrons. The molecule has 2 aliphatic heterocycles. The molecule has 0 aliphatic carbocycles. The van der Waals surface area contributed by atoms with Crippen molar-refractivity contribution < 1.29 is 14.6 Å². The molecule has 0 saturated carbocycles. The van der Waals surface area contributed by atoms with E-state index >= 15 is 0 Å². The van der Waals surface area contributed by atoms with E-state index in [2.05, 4.69) is 22.9 Å². The van der Waals surface area contributed by atoms with Gasteiger partial charge in [0.2, 0.25) is 0 Å². The number of aliphatic hydroxyl groups excluding tert-OH is 1. The maximum Gasteiger partial charge on any atom is 0.127 e. The number of hydrogen-bond donors (Lipinski definition) is 1. The summed E-state index contributed by atoms with van der Waals surface area (Å²) < 4.78 is 12.8. The normalized spacial score (nSPS) is 35.1. The van der Waals surface area contributed by atoms with Gasteiger partial charge in [-0.3, -0.25) is 0 Å². The van der Waals surface area contributed by atoms with Gasteiger partial charge in [0.25, 0.3) is 0 Å². The van der Waals surface area contributed by atoms with Crippen LogP contribution in [0.15, 0.2) is 22.7 Å². The SMILES string of the molecule is CC1CC2(CCO1)CC(O)c1ccc(Br)cc1O2. The van der Waals surface area contributed by atoms with Gasteiger partial charge in [0.05, 0.1) is 18.8 Å². The van der Waals surface area contributed by atoms with Gasteiger partial charge in [-0.1, -0.05) is 22.0 Å². The number of ether oxygens (including phenoxy) is 2. The molecule has 0 amide bonds. The Labute approximate surface area is 115 Å². The van der Waals surface area contributed by atoms with Crippen LogP contribution in [0.3, 0.4) is 0 Å². The molecule has 0 radical (unpaired) electrons. The Morgan fingerprint density at radius 1 is 1.39 bits per heavy atom. The van der Waals surface area contributed by atoms with E-state index in [0.717, 1.165) is 28.6 Å². The van der Waals surface area contributed by atoms with Crippen molar-refractivity contribution in [2.24, 2.45) is 0 Å². The molecule has 1 spiro atoms. The number of benzene rings is 1. The summed E-state index contributed by atoms with van der Waals surface area (Å²) in [5, 5.41) is 10.3. The van der Waals surface area contributed by atoms with E-state index in [0.29, 0.717) is 13.0 Å². The molecule has 1 N–H and O–H groups in total. The van der Waals surface area contributed by atoms with Crippen molar-refractivity contribution in [3.8, 4) is 5.75 Å². The van der Waals surface area contributed by atoms with E-state index in [-0.39, 0.29) is 11.7 Å². The average Bonchev–Trinajstić information content (AvgIpc) is 2.27. The monoisotopic (exact) mass is 312 g/mol. The molecule has 2 aliphatic rings. The Kier molecular flexibility index (Phi) is 3.12. The minimum Gasteiger partial charge on any atom is -0.487 e. The molecule has 3 rings (SSSR count). The lowest BCUT2D eigenvalue weighted by Gasteiger charge is -2.44.